The molecule has 2 rings (SSSR count). The Bertz CT molecular complexity index is 337. The fourth-order valence-corrected chi connectivity index (χ4v) is 2.27. The van der Waals surface area contributed by atoms with Crippen LogP contribution in [0.4, 0.5) is 0 Å². The molecule has 0 spiro atoms. The largest absolute Gasteiger partial charge is 0.492 e. The molecule has 2 N–H and O–H groups in total. The molecule has 1 aliphatic rings. The van der Waals surface area contributed by atoms with Crippen molar-refractivity contribution in [2.75, 3.05) is 20.2 Å². The van der Waals surface area contributed by atoms with Gasteiger partial charge in [-0.3, -0.25) is 0 Å². The maximum Gasteiger partial charge on any atom is 0.119 e. The van der Waals surface area contributed by atoms with Gasteiger partial charge in [0.25, 0.3) is 0 Å². The Labute approximate surface area is 104 Å². The quantitative estimate of drug-likeness (QED) is 0.866. The summed E-state index contributed by atoms with van der Waals surface area (Å²) in [6.45, 7) is 2.57. The van der Waals surface area contributed by atoms with E-state index >= 15 is 0 Å². The smallest absolute Gasteiger partial charge is 0.119 e. The molecule has 1 aromatic carbocycles. The Morgan fingerprint density at radius 1 is 1.29 bits per heavy atom. The van der Waals surface area contributed by atoms with Gasteiger partial charge < -0.3 is 15.4 Å². The fraction of sp³-hybridized carbons (Fsp3) is 0.571. The lowest BCUT2D eigenvalue weighted by molar-refractivity contribution is 0.125. The van der Waals surface area contributed by atoms with Crippen molar-refractivity contribution in [3.8, 4) is 5.75 Å². The molecule has 3 nitrogen and oxygen atoms in total. The minimum Gasteiger partial charge on any atom is -0.492 e. The first-order chi connectivity index (χ1) is 8.29. The van der Waals surface area contributed by atoms with Crippen LogP contribution in [0.15, 0.2) is 24.3 Å². The van der Waals surface area contributed by atoms with Crippen molar-refractivity contribution in [2.45, 2.75) is 31.8 Å². The SMILES string of the molecule is CN1CCCC[C@H]1COc1ccc(CN)cc1. The van der Waals surface area contributed by atoms with Crippen molar-refractivity contribution in [1.29, 1.82) is 0 Å². The summed E-state index contributed by atoms with van der Waals surface area (Å²) in [7, 11) is 2.19. The van der Waals surface area contributed by atoms with E-state index in [-0.39, 0.29) is 0 Å². The molecule has 0 amide bonds. The van der Waals surface area contributed by atoms with E-state index in [0.717, 1.165) is 17.9 Å². The molecule has 0 aliphatic carbocycles. The predicted molar refractivity (Wildman–Crippen MR) is 70.1 cm³/mol. The number of likely N-dealkylation sites (N-methyl/N-ethyl adjacent to an activating group) is 1. The molecule has 1 fully saturated rings. The summed E-state index contributed by atoms with van der Waals surface area (Å²) in [5.74, 6) is 0.946. The summed E-state index contributed by atoms with van der Waals surface area (Å²) >= 11 is 0. The van der Waals surface area contributed by atoms with Gasteiger partial charge in [-0.15, -0.1) is 0 Å². The normalized spacial score (nSPS) is 21.4. The first-order valence-electron chi connectivity index (χ1n) is 6.41. The summed E-state index contributed by atoms with van der Waals surface area (Å²) in [6, 6.07) is 8.63. The van der Waals surface area contributed by atoms with E-state index in [0.29, 0.717) is 12.6 Å². The third-order valence-corrected chi connectivity index (χ3v) is 3.52. The Morgan fingerprint density at radius 2 is 2.06 bits per heavy atom. The van der Waals surface area contributed by atoms with Gasteiger partial charge in [-0.2, -0.15) is 0 Å². The molecule has 0 bridgehead atoms. The van der Waals surface area contributed by atoms with Crippen molar-refractivity contribution in [3.05, 3.63) is 29.8 Å². The zero-order chi connectivity index (χ0) is 12.1. The molecule has 1 heterocycles. The molecular weight excluding hydrogens is 212 g/mol. The molecule has 0 saturated carbocycles. The molecule has 94 valence electrons. The molecule has 0 unspecified atom stereocenters. The molecule has 3 heteroatoms. The first kappa shape index (κ1) is 12.4. The molecule has 1 atom stereocenters. The van der Waals surface area contributed by atoms with Crippen molar-refractivity contribution in [3.63, 3.8) is 0 Å². The molecule has 1 aromatic rings. The number of piperidine rings is 1. The average Bonchev–Trinajstić information content (AvgIpc) is 2.38. The van der Waals surface area contributed by atoms with Gasteiger partial charge in [-0.25, -0.2) is 0 Å². The minimum absolute atomic E-state index is 0.568. The van der Waals surface area contributed by atoms with Crippen LogP contribution in [0.2, 0.25) is 0 Å². The van der Waals surface area contributed by atoms with Crippen molar-refractivity contribution >= 4 is 0 Å². The van der Waals surface area contributed by atoms with E-state index in [4.69, 9.17) is 10.5 Å². The van der Waals surface area contributed by atoms with Gasteiger partial charge in [0.05, 0.1) is 0 Å². The number of nitrogens with two attached hydrogens (primary N) is 1. The molecule has 0 aromatic heterocycles. The highest BCUT2D eigenvalue weighted by Gasteiger charge is 2.19. The summed E-state index contributed by atoms with van der Waals surface area (Å²) in [5, 5.41) is 0. The number of nitrogens with zero attached hydrogens (tertiary/aromatic N) is 1. The monoisotopic (exact) mass is 234 g/mol. The number of rotatable bonds is 4. The van der Waals surface area contributed by atoms with Crippen LogP contribution >= 0.6 is 0 Å². The molecule has 1 saturated heterocycles. The second-order valence-electron chi connectivity index (χ2n) is 4.79. The number of ether oxygens (including phenoxy) is 1. The summed E-state index contributed by atoms with van der Waals surface area (Å²) < 4.78 is 5.83. The van der Waals surface area contributed by atoms with E-state index in [1.165, 1.54) is 25.8 Å². The van der Waals surface area contributed by atoms with Crippen LogP contribution in [0.25, 0.3) is 0 Å². The van der Waals surface area contributed by atoms with Crippen molar-refractivity contribution in [1.82, 2.24) is 4.90 Å². The van der Waals surface area contributed by atoms with Gasteiger partial charge in [0.2, 0.25) is 0 Å². The van der Waals surface area contributed by atoms with Crippen molar-refractivity contribution < 1.29 is 4.74 Å². The number of hydrogen-bond donors (Lipinski definition) is 1. The number of likely N-dealkylation sites (tertiary alicyclic amines) is 1. The summed E-state index contributed by atoms with van der Waals surface area (Å²) in [6.07, 6.45) is 3.89. The van der Waals surface area contributed by atoms with Crippen LogP contribution in [-0.4, -0.2) is 31.1 Å². The fourth-order valence-electron chi connectivity index (χ4n) is 2.27. The Morgan fingerprint density at radius 3 is 2.71 bits per heavy atom. The van der Waals surface area contributed by atoms with Crippen LogP contribution in [-0.2, 0) is 6.54 Å². The number of benzene rings is 1. The molecule has 0 radical (unpaired) electrons. The maximum atomic E-state index is 5.83. The second-order valence-corrected chi connectivity index (χ2v) is 4.79. The van der Waals surface area contributed by atoms with Gasteiger partial charge in [0.15, 0.2) is 0 Å². The zero-order valence-corrected chi connectivity index (χ0v) is 10.6. The summed E-state index contributed by atoms with van der Waals surface area (Å²) in [4.78, 5) is 2.40. The van der Waals surface area contributed by atoms with Gasteiger partial charge in [-0.05, 0) is 44.1 Å². The third-order valence-electron chi connectivity index (χ3n) is 3.52. The van der Waals surface area contributed by atoms with Crippen molar-refractivity contribution in [2.24, 2.45) is 5.73 Å². The standard InChI is InChI=1S/C14H22N2O/c1-16-9-3-2-4-13(16)11-17-14-7-5-12(10-15)6-8-14/h5-8,13H,2-4,9-11,15H2,1H3/t13-/m0/s1. The van der Waals surface area contributed by atoms with Crippen LogP contribution < -0.4 is 10.5 Å². The van der Waals surface area contributed by atoms with E-state index in [1.54, 1.807) is 0 Å². The van der Waals surface area contributed by atoms with E-state index in [2.05, 4.69) is 11.9 Å². The lowest BCUT2D eigenvalue weighted by Crippen LogP contribution is -2.40. The van der Waals surface area contributed by atoms with Gasteiger partial charge in [0, 0.05) is 12.6 Å². The average molecular weight is 234 g/mol. The lowest BCUT2D eigenvalue weighted by Gasteiger charge is -2.32. The van der Waals surface area contributed by atoms with Crippen LogP contribution in [0.5, 0.6) is 5.75 Å². The predicted octanol–water partition coefficient (Wildman–Crippen LogP) is 2.01. The van der Waals surface area contributed by atoms with E-state index < -0.39 is 0 Å². The highest BCUT2D eigenvalue weighted by atomic mass is 16.5. The Kier molecular flexibility index (Phi) is 4.40. The Balaban J connectivity index is 1.84. The van der Waals surface area contributed by atoms with E-state index in [9.17, 15) is 0 Å². The first-order valence-corrected chi connectivity index (χ1v) is 6.41. The highest BCUT2D eigenvalue weighted by molar-refractivity contribution is 5.27. The van der Waals surface area contributed by atoms with Crippen LogP contribution in [0.1, 0.15) is 24.8 Å². The minimum atomic E-state index is 0.568. The third kappa shape index (κ3) is 3.45. The molecule has 17 heavy (non-hydrogen) atoms. The maximum absolute atomic E-state index is 5.83. The molecule has 1 aliphatic heterocycles. The van der Waals surface area contributed by atoms with Gasteiger partial charge >= 0.3 is 0 Å². The van der Waals surface area contributed by atoms with Crippen LogP contribution in [0.3, 0.4) is 0 Å². The van der Waals surface area contributed by atoms with Gasteiger partial charge in [0.1, 0.15) is 12.4 Å². The van der Waals surface area contributed by atoms with Gasteiger partial charge in [-0.1, -0.05) is 18.6 Å². The highest BCUT2D eigenvalue weighted by Crippen LogP contribution is 2.17. The second kappa shape index (κ2) is 6.03. The van der Waals surface area contributed by atoms with E-state index in [1.807, 2.05) is 24.3 Å². The zero-order valence-electron chi connectivity index (χ0n) is 10.6. The number of hydrogen-bond acceptors (Lipinski definition) is 3. The molecular formula is C14H22N2O. The summed E-state index contributed by atoms with van der Waals surface area (Å²) in [5.41, 5.74) is 6.71. The topological polar surface area (TPSA) is 38.5 Å². The Hall–Kier alpha value is -1.06. The lowest BCUT2D eigenvalue weighted by atomic mass is 10.0. The van der Waals surface area contributed by atoms with Crippen LogP contribution in [0, 0.1) is 0 Å².